The Morgan fingerprint density at radius 3 is 2.94 bits per heavy atom. The van der Waals surface area contributed by atoms with Crippen molar-refractivity contribution in [3.63, 3.8) is 0 Å². The Balaban J connectivity index is 1.92. The highest BCUT2D eigenvalue weighted by Gasteiger charge is 2.21. The summed E-state index contributed by atoms with van der Waals surface area (Å²) < 4.78 is 1.18. The van der Waals surface area contributed by atoms with Gasteiger partial charge in [-0.15, -0.1) is 11.3 Å². The fourth-order valence-electron chi connectivity index (χ4n) is 2.60. The third-order valence-electron chi connectivity index (χ3n) is 3.94. The first kappa shape index (κ1) is 11.8. The van der Waals surface area contributed by atoms with E-state index < -0.39 is 0 Å². The molecule has 2 aromatic rings. The largest absolute Gasteiger partial charge is 0.395 e. The van der Waals surface area contributed by atoms with Crippen molar-refractivity contribution in [2.75, 3.05) is 23.7 Å². The lowest BCUT2D eigenvalue weighted by Crippen LogP contribution is -2.32. The number of benzene rings is 1. The maximum absolute atomic E-state index is 6.28. The predicted molar refractivity (Wildman–Crippen MR) is 79.3 cm³/mol. The van der Waals surface area contributed by atoms with E-state index in [1.165, 1.54) is 24.0 Å². The van der Waals surface area contributed by atoms with Crippen molar-refractivity contribution in [3.05, 3.63) is 17.6 Å². The molecule has 1 aliphatic rings. The van der Waals surface area contributed by atoms with E-state index in [2.05, 4.69) is 28.9 Å². The van der Waals surface area contributed by atoms with Crippen molar-refractivity contribution >= 4 is 32.9 Å². The van der Waals surface area contributed by atoms with Crippen molar-refractivity contribution in [3.8, 4) is 0 Å². The molecule has 96 valence electrons. The molecule has 0 bridgehead atoms. The molecule has 0 atom stereocenters. The number of hydrogen-bond donors (Lipinski definition) is 1. The van der Waals surface area contributed by atoms with Gasteiger partial charge in [0.25, 0.3) is 0 Å². The Bertz CT molecular complexity index is 545. The second-order valence-corrected chi connectivity index (χ2v) is 5.92. The Hall–Kier alpha value is -1.29. The number of nitrogens with two attached hydrogens (primary N) is 1. The monoisotopic (exact) mass is 261 g/mol. The molecule has 1 aromatic carbocycles. The van der Waals surface area contributed by atoms with Crippen LogP contribution in [0.4, 0.5) is 11.4 Å². The first-order valence-corrected chi connectivity index (χ1v) is 7.54. The molecule has 1 heterocycles. The van der Waals surface area contributed by atoms with Gasteiger partial charge in [-0.1, -0.05) is 6.42 Å². The van der Waals surface area contributed by atoms with Crippen LogP contribution >= 0.6 is 11.3 Å². The third-order valence-corrected chi connectivity index (χ3v) is 4.74. The van der Waals surface area contributed by atoms with Gasteiger partial charge >= 0.3 is 0 Å². The van der Waals surface area contributed by atoms with Gasteiger partial charge < -0.3 is 10.6 Å². The molecule has 0 radical (unpaired) electrons. The predicted octanol–water partition coefficient (Wildman–Crippen LogP) is 3.50. The summed E-state index contributed by atoms with van der Waals surface area (Å²) in [5.41, 5.74) is 11.1. The number of nitrogen functional groups attached to an aromatic ring is 1. The maximum atomic E-state index is 6.28. The van der Waals surface area contributed by atoms with Crippen molar-refractivity contribution in [1.29, 1.82) is 0 Å². The van der Waals surface area contributed by atoms with E-state index in [1.54, 1.807) is 11.3 Å². The van der Waals surface area contributed by atoms with Crippen molar-refractivity contribution in [2.45, 2.75) is 26.2 Å². The Morgan fingerprint density at radius 2 is 2.28 bits per heavy atom. The lowest BCUT2D eigenvalue weighted by atomic mass is 9.85. The minimum absolute atomic E-state index is 0.843. The molecule has 0 aliphatic heterocycles. The molecule has 2 N–H and O–H groups in total. The maximum Gasteiger partial charge on any atom is 0.106 e. The van der Waals surface area contributed by atoms with Crippen LogP contribution in [0, 0.1) is 5.92 Å². The fraction of sp³-hybridized carbons (Fsp3) is 0.500. The van der Waals surface area contributed by atoms with E-state index in [9.17, 15) is 0 Å². The average Bonchev–Trinajstić information content (AvgIpc) is 2.79. The van der Waals surface area contributed by atoms with Crippen LogP contribution in [0.15, 0.2) is 17.6 Å². The molecule has 18 heavy (non-hydrogen) atoms. The van der Waals surface area contributed by atoms with Crippen LogP contribution in [0.1, 0.15) is 26.2 Å². The van der Waals surface area contributed by atoms with Crippen LogP contribution in [0.25, 0.3) is 10.2 Å². The summed E-state index contributed by atoms with van der Waals surface area (Å²) in [6.45, 7) is 4.34. The normalized spacial score (nSPS) is 15.8. The summed E-state index contributed by atoms with van der Waals surface area (Å²) in [6, 6.07) is 4.29. The average molecular weight is 261 g/mol. The molecule has 0 amide bonds. The quantitative estimate of drug-likeness (QED) is 0.856. The molecule has 1 saturated carbocycles. The summed E-state index contributed by atoms with van der Waals surface area (Å²) in [7, 11) is 0. The topological polar surface area (TPSA) is 42.2 Å². The number of fused-ring (bicyclic) bond motifs is 1. The van der Waals surface area contributed by atoms with Gasteiger partial charge in [-0.05, 0) is 37.8 Å². The highest BCUT2D eigenvalue weighted by atomic mass is 32.1. The minimum Gasteiger partial charge on any atom is -0.395 e. The Kier molecular flexibility index (Phi) is 3.12. The second kappa shape index (κ2) is 4.76. The number of hydrogen-bond acceptors (Lipinski definition) is 4. The first-order chi connectivity index (χ1) is 8.79. The molecule has 1 fully saturated rings. The van der Waals surface area contributed by atoms with E-state index >= 15 is 0 Å². The SMILES string of the molecule is CCN(CC1CCC1)c1ccc2scnc2c1N. The molecule has 4 heteroatoms. The van der Waals surface area contributed by atoms with E-state index in [4.69, 9.17) is 5.73 Å². The zero-order valence-corrected chi connectivity index (χ0v) is 11.5. The fourth-order valence-corrected chi connectivity index (χ4v) is 3.29. The summed E-state index contributed by atoms with van der Waals surface area (Å²) in [4.78, 5) is 6.78. The van der Waals surface area contributed by atoms with Gasteiger partial charge in [0.05, 0.1) is 21.6 Å². The van der Waals surface area contributed by atoms with Crippen LogP contribution in [-0.2, 0) is 0 Å². The minimum atomic E-state index is 0.843. The van der Waals surface area contributed by atoms with Gasteiger partial charge in [0.15, 0.2) is 0 Å². The number of aromatic nitrogens is 1. The number of nitrogens with zero attached hydrogens (tertiary/aromatic N) is 2. The van der Waals surface area contributed by atoms with E-state index in [-0.39, 0.29) is 0 Å². The number of anilines is 2. The van der Waals surface area contributed by atoms with Crippen LogP contribution < -0.4 is 10.6 Å². The molecule has 3 rings (SSSR count). The summed E-state index contributed by atoms with van der Waals surface area (Å²) >= 11 is 1.65. The molecule has 3 nitrogen and oxygen atoms in total. The van der Waals surface area contributed by atoms with E-state index in [0.29, 0.717) is 0 Å². The molecule has 1 aromatic heterocycles. The number of rotatable bonds is 4. The Morgan fingerprint density at radius 1 is 1.44 bits per heavy atom. The molecular weight excluding hydrogens is 242 g/mol. The zero-order chi connectivity index (χ0) is 12.5. The summed E-state index contributed by atoms with van der Waals surface area (Å²) in [6.07, 6.45) is 4.13. The molecule has 0 unspecified atom stereocenters. The smallest absolute Gasteiger partial charge is 0.106 e. The highest BCUT2D eigenvalue weighted by Crippen LogP contribution is 2.35. The highest BCUT2D eigenvalue weighted by molar-refractivity contribution is 7.16. The first-order valence-electron chi connectivity index (χ1n) is 6.66. The van der Waals surface area contributed by atoms with Gasteiger partial charge in [-0.25, -0.2) is 4.98 Å². The van der Waals surface area contributed by atoms with E-state index in [1.807, 2.05) is 5.51 Å². The Labute approximate surface area is 112 Å². The van der Waals surface area contributed by atoms with Gasteiger partial charge in [0, 0.05) is 13.1 Å². The molecular formula is C14H19N3S. The van der Waals surface area contributed by atoms with Gasteiger partial charge in [-0.3, -0.25) is 0 Å². The second-order valence-electron chi connectivity index (χ2n) is 5.03. The molecule has 1 aliphatic carbocycles. The van der Waals surface area contributed by atoms with Crippen LogP contribution in [0.2, 0.25) is 0 Å². The number of thiazole rings is 1. The van der Waals surface area contributed by atoms with Crippen LogP contribution in [-0.4, -0.2) is 18.1 Å². The van der Waals surface area contributed by atoms with Crippen LogP contribution in [0.3, 0.4) is 0 Å². The van der Waals surface area contributed by atoms with Crippen molar-refractivity contribution < 1.29 is 0 Å². The zero-order valence-electron chi connectivity index (χ0n) is 10.7. The third kappa shape index (κ3) is 1.94. The van der Waals surface area contributed by atoms with E-state index in [0.717, 1.165) is 35.9 Å². The van der Waals surface area contributed by atoms with Crippen molar-refractivity contribution in [1.82, 2.24) is 4.98 Å². The lowest BCUT2D eigenvalue weighted by molar-refractivity contribution is 0.318. The van der Waals surface area contributed by atoms with Gasteiger partial charge in [0.1, 0.15) is 5.52 Å². The van der Waals surface area contributed by atoms with Gasteiger partial charge in [-0.2, -0.15) is 0 Å². The summed E-state index contributed by atoms with van der Waals surface area (Å²) in [5, 5.41) is 0. The van der Waals surface area contributed by atoms with Crippen LogP contribution in [0.5, 0.6) is 0 Å². The molecule has 0 spiro atoms. The van der Waals surface area contributed by atoms with Gasteiger partial charge in [0.2, 0.25) is 0 Å². The lowest BCUT2D eigenvalue weighted by Gasteiger charge is -2.33. The standard InChI is InChI=1S/C14H19N3S/c1-2-17(8-10-4-3-5-10)11-6-7-12-14(13(11)15)16-9-18-12/h6-7,9-10H,2-5,8,15H2,1H3. The van der Waals surface area contributed by atoms with Crippen molar-refractivity contribution in [2.24, 2.45) is 5.92 Å². The summed E-state index contributed by atoms with van der Waals surface area (Å²) in [5.74, 6) is 0.857. The molecule has 0 saturated heterocycles.